The minimum Gasteiger partial charge on any atom is -0.493 e. The van der Waals surface area contributed by atoms with Crippen molar-refractivity contribution in [2.24, 2.45) is 0 Å². The van der Waals surface area contributed by atoms with Gasteiger partial charge >= 0.3 is 6.09 Å². The molecule has 1 atom stereocenters. The van der Waals surface area contributed by atoms with Crippen LogP contribution in [0.5, 0.6) is 11.5 Å². The molecule has 5 nitrogen and oxygen atoms in total. The molecule has 0 bridgehead atoms. The van der Waals surface area contributed by atoms with E-state index in [1.165, 1.54) is 0 Å². The summed E-state index contributed by atoms with van der Waals surface area (Å²) in [6.45, 7) is 11.3. The molecule has 0 saturated heterocycles. The Morgan fingerprint density at radius 1 is 1.38 bits per heavy atom. The van der Waals surface area contributed by atoms with E-state index in [0.29, 0.717) is 19.7 Å². The molecular weight excluding hydrogens is 306 g/mol. The van der Waals surface area contributed by atoms with Crippen LogP contribution in [0.15, 0.2) is 18.2 Å². The second kappa shape index (κ2) is 7.77. The summed E-state index contributed by atoms with van der Waals surface area (Å²) in [5.41, 5.74) is 0.386. The third-order valence-electron chi connectivity index (χ3n) is 3.65. The van der Waals surface area contributed by atoms with Gasteiger partial charge < -0.3 is 14.2 Å². The Balaban J connectivity index is 2.22. The molecule has 5 heteroatoms. The number of unbranched alkanes of at least 4 members (excludes halogenated alkanes) is 1. The van der Waals surface area contributed by atoms with Crippen LogP contribution in [0, 0.1) is 0 Å². The molecule has 1 amide bonds. The molecule has 1 heterocycles. The van der Waals surface area contributed by atoms with Crippen molar-refractivity contribution in [1.82, 2.24) is 4.90 Å². The second-order valence-electron chi connectivity index (χ2n) is 7.22. The fourth-order valence-corrected chi connectivity index (χ4v) is 2.56. The van der Waals surface area contributed by atoms with E-state index in [2.05, 4.69) is 6.92 Å². The van der Waals surface area contributed by atoms with Crippen LogP contribution in [0.4, 0.5) is 4.79 Å². The predicted octanol–water partition coefficient (Wildman–Crippen LogP) is 4.38. The average Bonchev–Trinajstić information content (AvgIpc) is 2.64. The minimum atomic E-state index is -0.520. The fourth-order valence-electron chi connectivity index (χ4n) is 2.56. The van der Waals surface area contributed by atoms with Crippen LogP contribution in [0.1, 0.15) is 53.0 Å². The number of rotatable bonds is 4. The highest BCUT2D eigenvalue weighted by Gasteiger charge is 2.29. The summed E-state index contributed by atoms with van der Waals surface area (Å²) in [5, 5.41) is 0. The quantitative estimate of drug-likeness (QED) is 0.766. The molecule has 1 aliphatic rings. The first kappa shape index (κ1) is 18.4. The molecule has 0 aromatic heterocycles. The molecule has 0 fully saturated rings. The lowest BCUT2D eigenvalue weighted by Gasteiger charge is -2.27. The average molecular weight is 335 g/mol. The zero-order valence-electron chi connectivity index (χ0n) is 15.4. The van der Waals surface area contributed by atoms with Crippen LogP contribution in [-0.4, -0.2) is 35.8 Å². The van der Waals surface area contributed by atoms with E-state index < -0.39 is 5.60 Å². The van der Waals surface area contributed by atoms with E-state index in [-0.39, 0.29) is 12.2 Å². The van der Waals surface area contributed by atoms with Crippen LogP contribution in [-0.2, 0) is 11.3 Å². The summed E-state index contributed by atoms with van der Waals surface area (Å²) in [6.07, 6.45) is 1.64. The molecule has 0 saturated carbocycles. The largest absolute Gasteiger partial charge is 0.493 e. The monoisotopic (exact) mass is 335 g/mol. The highest BCUT2D eigenvalue weighted by molar-refractivity contribution is 5.69. The molecule has 134 valence electrons. The van der Waals surface area contributed by atoms with Gasteiger partial charge in [0, 0.05) is 0 Å². The van der Waals surface area contributed by atoms with Crippen molar-refractivity contribution in [3.63, 3.8) is 0 Å². The van der Waals surface area contributed by atoms with Gasteiger partial charge in [-0.05, 0) is 46.2 Å². The lowest BCUT2D eigenvalue weighted by Crippen LogP contribution is -2.39. The SMILES string of the molecule is CCCCOc1cccc2c1CN(C(=O)OC(C)(C)C)C[C@@H](C)O2. The molecule has 0 unspecified atom stereocenters. The van der Waals surface area contributed by atoms with Crippen molar-refractivity contribution >= 4 is 6.09 Å². The van der Waals surface area contributed by atoms with Crippen LogP contribution in [0.25, 0.3) is 0 Å². The van der Waals surface area contributed by atoms with E-state index in [1.807, 2.05) is 45.9 Å². The number of carbonyl (C=O) groups is 1. The lowest BCUT2D eigenvalue weighted by molar-refractivity contribution is 0.0188. The Labute approximate surface area is 144 Å². The molecule has 0 N–H and O–H groups in total. The van der Waals surface area contributed by atoms with Crippen LogP contribution < -0.4 is 9.47 Å². The van der Waals surface area contributed by atoms with Gasteiger partial charge in [-0.3, -0.25) is 4.90 Å². The van der Waals surface area contributed by atoms with Crippen molar-refractivity contribution in [2.45, 2.75) is 65.7 Å². The number of carbonyl (C=O) groups excluding carboxylic acids is 1. The molecule has 0 aliphatic carbocycles. The number of nitrogens with zero attached hydrogens (tertiary/aromatic N) is 1. The first-order chi connectivity index (χ1) is 11.3. The van der Waals surface area contributed by atoms with Gasteiger partial charge in [0.25, 0.3) is 0 Å². The van der Waals surface area contributed by atoms with Crippen molar-refractivity contribution in [3.05, 3.63) is 23.8 Å². The zero-order valence-corrected chi connectivity index (χ0v) is 15.4. The molecule has 1 aromatic carbocycles. The van der Waals surface area contributed by atoms with Gasteiger partial charge in [-0.15, -0.1) is 0 Å². The van der Waals surface area contributed by atoms with Crippen molar-refractivity contribution in [3.8, 4) is 11.5 Å². The van der Waals surface area contributed by atoms with Crippen LogP contribution >= 0.6 is 0 Å². The first-order valence-corrected chi connectivity index (χ1v) is 8.69. The topological polar surface area (TPSA) is 48.0 Å². The number of fused-ring (bicyclic) bond motifs is 1. The summed E-state index contributed by atoms with van der Waals surface area (Å²) in [4.78, 5) is 14.2. The number of amides is 1. The highest BCUT2D eigenvalue weighted by atomic mass is 16.6. The van der Waals surface area contributed by atoms with Gasteiger partial charge in [0.2, 0.25) is 0 Å². The van der Waals surface area contributed by atoms with Gasteiger partial charge in [0.1, 0.15) is 23.2 Å². The number of hydrogen-bond acceptors (Lipinski definition) is 4. The maximum Gasteiger partial charge on any atom is 0.410 e. The minimum absolute atomic E-state index is 0.107. The van der Waals surface area contributed by atoms with Crippen molar-refractivity contribution < 1.29 is 19.0 Å². The van der Waals surface area contributed by atoms with Crippen molar-refractivity contribution in [1.29, 1.82) is 0 Å². The molecular formula is C19H29NO4. The van der Waals surface area contributed by atoms with Gasteiger partial charge in [-0.1, -0.05) is 19.4 Å². The summed E-state index contributed by atoms with van der Waals surface area (Å²) in [5.74, 6) is 1.56. The third-order valence-corrected chi connectivity index (χ3v) is 3.65. The van der Waals surface area contributed by atoms with Gasteiger partial charge in [0.05, 0.1) is 25.3 Å². The number of ether oxygens (including phenoxy) is 3. The Hall–Kier alpha value is -1.91. The summed E-state index contributed by atoms with van der Waals surface area (Å²) >= 11 is 0. The second-order valence-corrected chi connectivity index (χ2v) is 7.22. The predicted molar refractivity (Wildman–Crippen MR) is 93.6 cm³/mol. The van der Waals surface area contributed by atoms with E-state index in [0.717, 1.165) is 29.9 Å². The molecule has 2 rings (SSSR count). The van der Waals surface area contributed by atoms with E-state index in [9.17, 15) is 4.79 Å². The summed E-state index contributed by atoms with van der Waals surface area (Å²) < 4.78 is 17.4. The Morgan fingerprint density at radius 2 is 2.12 bits per heavy atom. The fraction of sp³-hybridized carbons (Fsp3) is 0.632. The standard InChI is InChI=1S/C19H29NO4/c1-6-7-11-22-16-9-8-10-17-15(16)13-20(12-14(2)23-17)18(21)24-19(3,4)5/h8-10,14H,6-7,11-13H2,1-5H3/t14-/m1/s1. The smallest absolute Gasteiger partial charge is 0.410 e. The maximum atomic E-state index is 12.5. The number of hydrogen-bond donors (Lipinski definition) is 0. The molecule has 0 spiro atoms. The first-order valence-electron chi connectivity index (χ1n) is 8.69. The summed E-state index contributed by atoms with van der Waals surface area (Å²) in [6, 6.07) is 5.79. The summed E-state index contributed by atoms with van der Waals surface area (Å²) in [7, 11) is 0. The Morgan fingerprint density at radius 3 is 2.79 bits per heavy atom. The Bertz CT molecular complexity index is 565. The molecule has 0 radical (unpaired) electrons. The molecule has 24 heavy (non-hydrogen) atoms. The third kappa shape index (κ3) is 5.05. The van der Waals surface area contributed by atoms with Gasteiger partial charge in [-0.25, -0.2) is 4.79 Å². The van der Waals surface area contributed by atoms with Gasteiger partial charge in [0.15, 0.2) is 0 Å². The van der Waals surface area contributed by atoms with E-state index in [4.69, 9.17) is 14.2 Å². The van der Waals surface area contributed by atoms with Crippen LogP contribution in [0.2, 0.25) is 0 Å². The number of benzene rings is 1. The maximum absolute atomic E-state index is 12.5. The molecule has 1 aliphatic heterocycles. The normalized spacial score (nSPS) is 17.5. The molecule has 1 aromatic rings. The van der Waals surface area contributed by atoms with E-state index >= 15 is 0 Å². The van der Waals surface area contributed by atoms with Crippen molar-refractivity contribution in [2.75, 3.05) is 13.2 Å². The van der Waals surface area contributed by atoms with Gasteiger partial charge in [-0.2, -0.15) is 0 Å². The zero-order chi connectivity index (χ0) is 17.7. The Kier molecular flexibility index (Phi) is 5.97. The van der Waals surface area contributed by atoms with E-state index in [1.54, 1.807) is 4.90 Å². The van der Waals surface area contributed by atoms with Crippen LogP contribution in [0.3, 0.4) is 0 Å². The highest BCUT2D eigenvalue weighted by Crippen LogP contribution is 2.33. The lowest BCUT2D eigenvalue weighted by atomic mass is 10.1.